The molecule has 1 rings (SSSR count). The topological polar surface area (TPSA) is 43.1 Å². The molecule has 0 saturated heterocycles. The highest BCUT2D eigenvalue weighted by atomic mass is 16.1. The molecule has 0 aromatic heterocycles. The second-order valence-electron chi connectivity index (χ2n) is 2.74. The van der Waals surface area contributed by atoms with Gasteiger partial charge in [-0.05, 0) is 5.56 Å². The summed E-state index contributed by atoms with van der Waals surface area (Å²) in [6.45, 7) is 0. The van der Waals surface area contributed by atoms with Gasteiger partial charge in [0, 0.05) is 0 Å². The fraction of sp³-hybridized carbons (Fsp3) is 0.182. The number of hydrogen-bond donors (Lipinski definition) is 1. The lowest BCUT2D eigenvalue weighted by Crippen LogP contribution is -2.20. The summed E-state index contributed by atoms with van der Waals surface area (Å²) in [6, 6.07) is 8.62. The minimum absolute atomic E-state index is 0.0933. The first-order valence-corrected chi connectivity index (χ1v) is 4.02. The first-order valence-electron chi connectivity index (χ1n) is 4.02. The molecule has 1 aromatic carbocycles. The molecule has 0 aliphatic heterocycles. The molecule has 0 bridgehead atoms. The van der Waals surface area contributed by atoms with E-state index in [4.69, 9.17) is 12.2 Å². The van der Waals surface area contributed by atoms with Gasteiger partial charge in [-0.3, -0.25) is 4.79 Å². The molecule has 0 aliphatic rings. The van der Waals surface area contributed by atoms with Gasteiger partial charge in [-0.15, -0.1) is 6.42 Å². The van der Waals surface area contributed by atoms with Gasteiger partial charge in [0.25, 0.3) is 0 Å². The van der Waals surface area contributed by atoms with Crippen LogP contribution in [0, 0.1) is 12.3 Å². The van der Waals surface area contributed by atoms with Crippen LogP contribution in [0.25, 0.3) is 0 Å². The molecule has 0 amide bonds. The number of hydrogen-bond acceptors (Lipinski definition) is 2. The Kier molecular flexibility index (Phi) is 3.24. The molecule has 0 heterocycles. The standard InChI is InChI=1S/C11H11NO/c1-2-6-10(13)11(12)9-7-4-3-5-8-9/h1,3-5,7-8,11H,6,12H2. The highest BCUT2D eigenvalue weighted by Crippen LogP contribution is 2.11. The summed E-state index contributed by atoms with van der Waals surface area (Å²) in [7, 11) is 0. The number of Topliss-reactive ketones (excluding diaryl/α,β-unsaturated/α-hetero) is 1. The molecule has 2 heteroatoms. The summed E-state index contributed by atoms with van der Waals surface area (Å²) >= 11 is 0. The molecular formula is C11H11NO. The fourth-order valence-electron chi connectivity index (χ4n) is 1.06. The van der Waals surface area contributed by atoms with Crippen molar-refractivity contribution in [2.45, 2.75) is 12.5 Å². The molecule has 1 aromatic rings. The van der Waals surface area contributed by atoms with Gasteiger partial charge in [-0.25, -0.2) is 0 Å². The number of terminal acetylenes is 1. The molecule has 1 atom stereocenters. The third-order valence-electron chi connectivity index (χ3n) is 1.78. The number of benzene rings is 1. The lowest BCUT2D eigenvalue weighted by Gasteiger charge is -2.08. The first kappa shape index (κ1) is 9.50. The van der Waals surface area contributed by atoms with Crippen molar-refractivity contribution in [2.75, 3.05) is 0 Å². The van der Waals surface area contributed by atoms with Gasteiger partial charge >= 0.3 is 0 Å². The normalized spacial score (nSPS) is 11.7. The Morgan fingerprint density at radius 2 is 2.08 bits per heavy atom. The molecule has 66 valence electrons. The van der Waals surface area contributed by atoms with Gasteiger partial charge in [-0.1, -0.05) is 36.3 Å². The highest BCUT2D eigenvalue weighted by Gasteiger charge is 2.13. The fourth-order valence-corrected chi connectivity index (χ4v) is 1.06. The molecule has 13 heavy (non-hydrogen) atoms. The summed E-state index contributed by atoms with van der Waals surface area (Å²) < 4.78 is 0. The van der Waals surface area contributed by atoms with Crippen molar-refractivity contribution in [3.05, 3.63) is 35.9 Å². The molecule has 0 saturated carbocycles. The lowest BCUT2D eigenvalue weighted by molar-refractivity contribution is -0.119. The number of carbonyl (C=O) groups is 1. The van der Waals surface area contributed by atoms with Gasteiger partial charge in [0.1, 0.15) is 0 Å². The molecular weight excluding hydrogens is 162 g/mol. The average Bonchev–Trinajstić information content (AvgIpc) is 2.18. The molecule has 2 N–H and O–H groups in total. The highest BCUT2D eigenvalue weighted by molar-refractivity contribution is 5.86. The van der Waals surface area contributed by atoms with E-state index in [-0.39, 0.29) is 12.2 Å². The van der Waals surface area contributed by atoms with E-state index in [1.807, 2.05) is 30.3 Å². The third kappa shape index (κ3) is 2.43. The zero-order valence-electron chi connectivity index (χ0n) is 7.23. The van der Waals surface area contributed by atoms with E-state index >= 15 is 0 Å². The van der Waals surface area contributed by atoms with Crippen LogP contribution in [0.1, 0.15) is 18.0 Å². The minimum Gasteiger partial charge on any atom is -0.318 e. The smallest absolute Gasteiger partial charge is 0.165 e. The quantitative estimate of drug-likeness (QED) is 0.700. The van der Waals surface area contributed by atoms with E-state index in [1.54, 1.807) is 0 Å². The van der Waals surface area contributed by atoms with Gasteiger partial charge < -0.3 is 5.73 Å². The van der Waals surface area contributed by atoms with Gasteiger partial charge in [0.15, 0.2) is 5.78 Å². The monoisotopic (exact) mass is 173 g/mol. The average molecular weight is 173 g/mol. The second kappa shape index (κ2) is 4.44. The van der Waals surface area contributed by atoms with Crippen LogP contribution in [-0.4, -0.2) is 5.78 Å². The number of nitrogens with two attached hydrogens (primary N) is 1. The van der Waals surface area contributed by atoms with Crippen molar-refractivity contribution >= 4 is 5.78 Å². The molecule has 2 nitrogen and oxygen atoms in total. The maximum absolute atomic E-state index is 11.3. The predicted molar refractivity (Wildman–Crippen MR) is 51.8 cm³/mol. The summed E-state index contributed by atoms with van der Waals surface area (Å²) in [5.41, 5.74) is 6.49. The van der Waals surface area contributed by atoms with E-state index in [0.717, 1.165) is 5.56 Å². The van der Waals surface area contributed by atoms with Crippen LogP contribution >= 0.6 is 0 Å². The van der Waals surface area contributed by atoms with Crippen molar-refractivity contribution in [1.29, 1.82) is 0 Å². The van der Waals surface area contributed by atoms with Crippen LogP contribution in [0.15, 0.2) is 30.3 Å². The Labute approximate surface area is 77.8 Å². The molecule has 0 fully saturated rings. The number of rotatable bonds is 3. The molecule has 0 spiro atoms. The molecule has 1 unspecified atom stereocenters. The van der Waals surface area contributed by atoms with Gasteiger partial charge in [0.05, 0.1) is 12.5 Å². The van der Waals surface area contributed by atoms with Crippen LogP contribution in [0.5, 0.6) is 0 Å². The van der Waals surface area contributed by atoms with Crippen molar-refractivity contribution < 1.29 is 4.79 Å². The van der Waals surface area contributed by atoms with Crippen molar-refractivity contribution in [2.24, 2.45) is 5.73 Å². The summed E-state index contributed by atoms with van der Waals surface area (Å²) in [5, 5.41) is 0. The van der Waals surface area contributed by atoms with E-state index < -0.39 is 6.04 Å². The second-order valence-corrected chi connectivity index (χ2v) is 2.74. The number of ketones is 1. The Hall–Kier alpha value is -1.59. The Bertz CT molecular complexity index is 324. The maximum atomic E-state index is 11.3. The van der Waals surface area contributed by atoms with E-state index in [1.165, 1.54) is 0 Å². The lowest BCUT2D eigenvalue weighted by atomic mass is 10.0. The van der Waals surface area contributed by atoms with Crippen molar-refractivity contribution in [3.8, 4) is 12.3 Å². The predicted octanol–water partition coefficient (Wildman–Crippen LogP) is 1.28. The Morgan fingerprint density at radius 1 is 1.46 bits per heavy atom. The van der Waals surface area contributed by atoms with E-state index in [2.05, 4.69) is 5.92 Å². The number of carbonyl (C=O) groups excluding carboxylic acids is 1. The summed E-state index contributed by atoms with van der Waals surface area (Å²) in [5.74, 6) is 2.17. The third-order valence-corrected chi connectivity index (χ3v) is 1.78. The van der Waals surface area contributed by atoms with E-state index in [0.29, 0.717) is 0 Å². The largest absolute Gasteiger partial charge is 0.318 e. The van der Waals surface area contributed by atoms with Crippen LogP contribution in [0.2, 0.25) is 0 Å². The Morgan fingerprint density at radius 3 is 2.62 bits per heavy atom. The molecule has 0 radical (unpaired) electrons. The van der Waals surface area contributed by atoms with Crippen LogP contribution < -0.4 is 5.73 Å². The van der Waals surface area contributed by atoms with Gasteiger partial charge in [0.2, 0.25) is 0 Å². The summed E-state index contributed by atoms with van der Waals surface area (Å²) in [4.78, 5) is 11.3. The first-order chi connectivity index (χ1) is 6.25. The maximum Gasteiger partial charge on any atom is 0.165 e. The van der Waals surface area contributed by atoms with Crippen molar-refractivity contribution in [3.63, 3.8) is 0 Å². The van der Waals surface area contributed by atoms with Gasteiger partial charge in [-0.2, -0.15) is 0 Å². The van der Waals surface area contributed by atoms with E-state index in [9.17, 15) is 4.79 Å². The van der Waals surface area contributed by atoms with Crippen molar-refractivity contribution in [1.82, 2.24) is 0 Å². The molecule has 0 aliphatic carbocycles. The zero-order valence-corrected chi connectivity index (χ0v) is 7.23. The zero-order chi connectivity index (χ0) is 9.68. The van der Waals surface area contributed by atoms with Crippen LogP contribution in [0.4, 0.5) is 0 Å². The van der Waals surface area contributed by atoms with Crippen LogP contribution in [0.3, 0.4) is 0 Å². The summed E-state index contributed by atoms with van der Waals surface area (Å²) in [6.07, 6.45) is 5.11. The van der Waals surface area contributed by atoms with Crippen LogP contribution in [-0.2, 0) is 4.79 Å². The Balaban J connectivity index is 2.75. The minimum atomic E-state index is -0.586. The SMILES string of the molecule is C#CCC(=O)C(N)c1ccccc1.